The van der Waals surface area contributed by atoms with E-state index < -0.39 is 0 Å². The molecule has 8 nitrogen and oxygen atoms in total. The molecule has 0 aromatic carbocycles. The average Bonchev–Trinajstić information content (AvgIpc) is 3.09. The van der Waals surface area contributed by atoms with E-state index in [2.05, 4.69) is 81.6 Å². The molecule has 3 saturated heterocycles. The molecule has 3 aliphatic heterocycles. The van der Waals surface area contributed by atoms with Crippen LogP contribution in [-0.4, -0.2) is 90.7 Å². The van der Waals surface area contributed by atoms with Crippen LogP contribution in [-0.2, 0) is 31.9 Å². The molecule has 36 heavy (non-hydrogen) atoms. The number of ether oxygens (including phenoxy) is 2. The molecule has 0 N–H and O–H groups in total. The molecule has 3 fully saturated rings. The van der Waals surface area contributed by atoms with E-state index in [0.29, 0.717) is 0 Å². The van der Waals surface area contributed by atoms with Crippen LogP contribution in [0.1, 0.15) is 39.1 Å². The standard InChI is InChI=1S/C16H25BN2O3.C10H13BrN2O/c1-15(2)16(3,4)22-17(21-15)13-5-6-14(18-11-13)12-19-7-9-20-10-8-19;11-9-1-2-10(12-7-9)8-13-3-5-14-6-4-13/h5-6,11H,7-10,12H2,1-4H3;1-2,7H,3-6,8H2. The van der Waals surface area contributed by atoms with Crippen molar-refractivity contribution >= 4 is 28.5 Å². The summed E-state index contributed by atoms with van der Waals surface area (Å²) in [6.45, 7) is 17.3. The molecule has 5 rings (SSSR count). The second kappa shape index (κ2) is 12.4. The van der Waals surface area contributed by atoms with Gasteiger partial charge in [-0.15, -0.1) is 0 Å². The van der Waals surface area contributed by atoms with Crippen molar-refractivity contribution in [3.8, 4) is 0 Å². The van der Waals surface area contributed by atoms with Crippen molar-refractivity contribution in [3.63, 3.8) is 0 Å². The van der Waals surface area contributed by atoms with Gasteiger partial charge in [0, 0.05) is 61.6 Å². The molecule has 2 aromatic heterocycles. The summed E-state index contributed by atoms with van der Waals surface area (Å²) in [5.74, 6) is 0. The van der Waals surface area contributed by atoms with Crippen LogP contribution in [0.5, 0.6) is 0 Å². The molecular weight excluding hydrogens is 523 g/mol. The molecule has 0 radical (unpaired) electrons. The summed E-state index contributed by atoms with van der Waals surface area (Å²) in [7, 11) is -0.338. The maximum atomic E-state index is 6.05. The van der Waals surface area contributed by atoms with Gasteiger partial charge in [-0.25, -0.2) is 0 Å². The third-order valence-electron chi connectivity index (χ3n) is 7.14. The number of hydrogen-bond acceptors (Lipinski definition) is 8. The first-order valence-electron chi connectivity index (χ1n) is 12.7. The highest BCUT2D eigenvalue weighted by Gasteiger charge is 2.51. The molecule has 0 unspecified atom stereocenters. The molecule has 3 aliphatic rings. The Balaban J connectivity index is 0.000000187. The van der Waals surface area contributed by atoms with Gasteiger partial charge in [0.1, 0.15) is 0 Å². The Kier molecular flexibility index (Phi) is 9.54. The number of hydrogen-bond donors (Lipinski definition) is 0. The zero-order valence-electron chi connectivity index (χ0n) is 21.9. The maximum Gasteiger partial charge on any atom is 0.496 e. The van der Waals surface area contributed by atoms with Crippen LogP contribution in [0.4, 0.5) is 0 Å². The third-order valence-corrected chi connectivity index (χ3v) is 7.61. The Morgan fingerprint density at radius 2 is 1.22 bits per heavy atom. The van der Waals surface area contributed by atoms with Crippen molar-refractivity contribution in [2.24, 2.45) is 0 Å². The Hall–Kier alpha value is -1.40. The predicted octanol–water partition coefficient (Wildman–Crippen LogP) is 2.89. The van der Waals surface area contributed by atoms with Crippen molar-refractivity contribution in [2.45, 2.75) is 52.0 Å². The van der Waals surface area contributed by atoms with Crippen LogP contribution in [0, 0.1) is 0 Å². The smallest absolute Gasteiger partial charge is 0.399 e. The molecule has 0 amide bonds. The van der Waals surface area contributed by atoms with Gasteiger partial charge in [-0.2, -0.15) is 0 Å². The molecule has 5 heterocycles. The minimum atomic E-state index is -0.338. The summed E-state index contributed by atoms with van der Waals surface area (Å²) >= 11 is 3.37. The monoisotopic (exact) mass is 560 g/mol. The van der Waals surface area contributed by atoms with Gasteiger partial charge in [0.05, 0.1) is 49.0 Å². The zero-order valence-corrected chi connectivity index (χ0v) is 23.5. The van der Waals surface area contributed by atoms with Crippen LogP contribution < -0.4 is 5.46 Å². The number of halogens is 1. The predicted molar refractivity (Wildman–Crippen MR) is 144 cm³/mol. The van der Waals surface area contributed by atoms with Crippen molar-refractivity contribution in [3.05, 3.63) is 52.5 Å². The lowest BCUT2D eigenvalue weighted by Crippen LogP contribution is -2.41. The lowest BCUT2D eigenvalue weighted by atomic mass is 9.80. The van der Waals surface area contributed by atoms with Crippen molar-refractivity contribution in [1.29, 1.82) is 0 Å². The minimum absolute atomic E-state index is 0.315. The summed E-state index contributed by atoms with van der Waals surface area (Å²) in [6.07, 6.45) is 3.72. The maximum absolute atomic E-state index is 6.05. The summed E-state index contributed by atoms with van der Waals surface area (Å²) in [4.78, 5) is 13.6. The number of morpholine rings is 2. The molecule has 0 saturated carbocycles. The van der Waals surface area contributed by atoms with Gasteiger partial charge >= 0.3 is 7.12 Å². The molecule has 2 aromatic rings. The van der Waals surface area contributed by atoms with Crippen molar-refractivity contribution < 1.29 is 18.8 Å². The highest BCUT2D eigenvalue weighted by molar-refractivity contribution is 9.10. The fraction of sp³-hybridized carbons (Fsp3) is 0.615. The van der Waals surface area contributed by atoms with E-state index in [1.165, 1.54) is 0 Å². The van der Waals surface area contributed by atoms with E-state index in [1.807, 2.05) is 18.5 Å². The Morgan fingerprint density at radius 3 is 1.64 bits per heavy atom. The number of pyridine rings is 2. The number of rotatable bonds is 5. The largest absolute Gasteiger partial charge is 0.496 e. The fourth-order valence-corrected chi connectivity index (χ4v) is 4.36. The van der Waals surface area contributed by atoms with E-state index in [9.17, 15) is 0 Å². The molecule has 0 aliphatic carbocycles. The van der Waals surface area contributed by atoms with Gasteiger partial charge < -0.3 is 18.8 Å². The molecule has 0 spiro atoms. The first-order chi connectivity index (χ1) is 17.2. The topological polar surface area (TPSA) is 69.2 Å². The Labute approximate surface area is 223 Å². The van der Waals surface area contributed by atoms with Gasteiger partial charge in [-0.3, -0.25) is 19.8 Å². The molecule has 10 heteroatoms. The summed E-state index contributed by atoms with van der Waals surface area (Å²) in [5, 5.41) is 0. The third kappa shape index (κ3) is 7.57. The summed E-state index contributed by atoms with van der Waals surface area (Å²) in [5.41, 5.74) is 2.54. The minimum Gasteiger partial charge on any atom is -0.399 e. The van der Waals surface area contributed by atoms with E-state index >= 15 is 0 Å². The fourth-order valence-electron chi connectivity index (χ4n) is 4.12. The second-order valence-electron chi connectivity index (χ2n) is 10.4. The molecular formula is C26H38BBrN4O4. The molecule has 196 valence electrons. The zero-order chi connectivity index (χ0) is 25.6. The normalized spacial score (nSPS) is 22.2. The van der Waals surface area contributed by atoms with Gasteiger partial charge in [-0.1, -0.05) is 6.07 Å². The number of aromatic nitrogens is 2. The van der Waals surface area contributed by atoms with Gasteiger partial charge in [-0.05, 0) is 61.8 Å². The average molecular weight is 561 g/mol. The van der Waals surface area contributed by atoms with E-state index in [1.54, 1.807) is 0 Å². The van der Waals surface area contributed by atoms with Crippen LogP contribution in [0.25, 0.3) is 0 Å². The Bertz CT molecular complexity index is 933. The van der Waals surface area contributed by atoms with Crippen LogP contribution in [0.2, 0.25) is 0 Å². The van der Waals surface area contributed by atoms with E-state index in [-0.39, 0.29) is 18.3 Å². The second-order valence-corrected chi connectivity index (χ2v) is 11.3. The first kappa shape index (κ1) is 27.6. The van der Waals surface area contributed by atoms with E-state index in [4.69, 9.17) is 18.8 Å². The van der Waals surface area contributed by atoms with Crippen molar-refractivity contribution in [2.75, 3.05) is 52.6 Å². The van der Waals surface area contributed by atoms with E-state index in [0.717, 1.165) is 87.0 Å². The highest BCUT2D eigenvalue weighted by atomic mass is 79.9. The lowest BCUT2D eigenvalue weighted by Gasteiger charge is -2.32. The van der Waals surface area contributed by atoms with Crippen LogP contribution in [0.15, 0.2) is 41.1 Å². The lowest BCUT2D eigenvalue weighted by molar-refractivity contribution is 0.00578. The number of nitrogens with zero attached hydrogens (tertiary/aromatic N) is 4. The quantitative estimate of drug-likeness (QED) is 0.517. The first-order valence-corrected chi connectivity index (χ1v) is 13.5. The highest BCUT2D eigenvalue weighted by Crippen LogP contribution is 2.36. The van der Waals surface area contributed by atoms with Crippen molar-refractivity contribution in [1.82, 2.24) is 19.8 Å². The summed E-state index contributed by atoms with van der Waals surface area (Å²) < 4.78 is 23.8. The van der Waals surface area contributed by atoms with Crippen LogP contribution in [0.3, 0.4) is 0 Å². The Morgan fingerprint density at radius 1 is 0.750 bits per heavy atom. The van der Waals surface area contributed by atoms with Gasteiger partial charge in [0.15, 0.2) is 0 Å². The van der Waals surface area contributed by atoms with Gasteiger partial charge in [0.2, 0.25) is 0 Å². The molecule has 0 bridgehead atoms. The molecule has 0 atom stereocenters. The van der Waals surface area contributed by atoms with Crippen LogP contribution >= 0.6 is 15.9 Å². The SMILES string of the molecule is Brc1ccc(CN2CCOCC2)nc1.CC1(C)OB(c2ccc(CN3CCOCC3)nc2)OC1(C)C. The summed E-state index contributed by atoms with van der Waals surface area (Å²) in [6, 6.07) is 8.21. The van der Waals surface area contributed by atoms with Gasteiger partial charge in [0.25, 0.3) is 0 Å².